The van der Waals surface area contributed by atoms with E-state index in [1.54, 1.807) is 6.07 Å². The second-order valence-corrected chi connectivity index (χ2v) is 7.06. The Morgan fingerprint density at radius 3 is 2.21 bits per heavy atom. The Morgan fingerprint density at radius 2 is 1.54 bits per heavy atom. The minimum atomic E-state index is -0.396. The fourth-order valence-corrected chi connectivity index (χ4v) is 4.06. The topological polar surface area (TPSA) is 59.3 Å². The van der Waals surface area contributed by atoms with E-state index in [2.05, 4.69) is 17.4 Å². The van der Waals surface area contributed by atoms with Gasteiger partial charge in [0.25, 0.3) is 0 Å². The summed E-state index contributed by atoms with van der Waals surface area (Å²) in [5.74, 6) is -0.473. The van der Waals surface area contributed by atoms with E-state index in [4.69, 9.17) is 4.42 Å². The van der Waals surface area contributed by atoms with Crippen LogP contribution in [0.15, 0.2) is 82.0 Å². The van der Waals surface area contributed by atoms with Crippen LogP contribution < -0.4 is 10.9 Å². The third-order valence-electron chi connectivity index (χ3n) is 5.31. The van der Waals surface area contributed by atoms with Crippen molar-refractivity contribution in [1.82, 2.24) is 0 Å². The van der Waals surface area contributed by atoms with E-state index in [0.717, 1.165) is 33.2 Å². The van der Waals surface area contributed by atoms with Crippen molar-refractivity contribution >= 4 is 22.6 Å². The molecule has 0 saturated carbocycles. The van der Waals surface area contributed by atoms with Gasteiger partial charge in [-0.3, -0.25) is 4.79 Å². The van der Waals surface area contributed by atoms with Gasteiger partial charge in [0.05, 0.1) is 5.92 Å². The van der Waals surface area contributed by atoms with E-state index in [9.17, 15) is 9.59 Å². The number of nitrogens with one attached hydrogen (secondary N) is 1. The summed E-state index contributed by atoms with van der Waals surface area (Å²) in [5, 5.41) is 3.85. The third-order valence-corrected chi connectivity index (χ3v) is 5.31. The standard InChI is InChI=1S/C24H17NO3/c1-14-12-22(26)28-21-13-15(10-11-16(14)21)25-24(27)23-19-8-4-2-6-17(19)18-7-3-5-9-20(18)23/h2-13,23H,1H3,(H,25,27). The molecule has 1 aromatic heterocycles. The maximum absolute atomic E-state index is 13.2. The van der Waals surface area contributed by atoms with Gasteiger partial charge in [0, 0.05) is 23.2 Å². The molecule has 3 aromatic carbocycles. The Labute approximate surface area is 161 Å². The molecule has 0 radical (unpaired) electrons. The van der Waals surface area contributed by atoms with Gasteiger partial charge in [-0.15, -0.1) is 0 Å². The summed E-state index contributed by atoms with van der Waals surface area (Å²) in [6, 6.07) is 22.9. The highest BCUT2D eigenvalue weighted by atomic mass is 16.4. The fourth-order valence-electron chi connectivity index (χ4n) is 4.06. The monoisotopic (exact) mass is 367 g/mol. The Hall–Kier alpha value is -3.66. The van der Waals surface area contributed by atoms with Gasteiger partial charge < -0.3 is 9.73 Å². The van der Waals surface area contributed by atoms with Gasteiger partial charge in [-0.1, -0.05) is 48.5 Å². The number of fused-ring (bicyclic) bond motifs is 4. The van der Waals surface area contributed by atoms with E-state index >= 15 is 0 Å². The maximum atomic E-state index is 13.2. The smallest absolute Gasteiger partial charge is 0.336 e. The predicted octanol–water partition coefficient (Wildman–Crippen LogP) is 4.85. The van der Waals surface area contributed by atoms with Gasteiger partial charge in [0.15, 0.2) is 0 Å². The average Bonchev–Trinajstić information content (AvgIpc) is 3.02. The number of amides is 1. The number of hydrogen-bond donors (Lipinski definition) is 1. The summed E-state index contributed by atoms with van der Waals surface area (Å²) >= 11 is 0. The van der Waals surface area contributed by atoms with Crippen molar-refractivity contribution < 1.29 is 9.21 Å². The van der Waals surface area contributed by atoms with Gasteiger partial charge in [-0.05, 0) is 46.9 Å². The maximum Gasteiger partial charge on any atom is 0.336 e. The molecule has 1 aliphatic carbocycles. The number of carbonyl (C=O) groups is 1. The van der Waals surface area contributed by atoms with Crippen LogP contribution in [0.5, 0.6) is 0 Å². The Morgan fingerprint density at radius 1 is 0.893 bits per heavy atom. The van der Waals surface area contributed by atoms with Crippen molar-refractivity contribution in [3.8, 4) is 11.1 Å². The molecule has 0 bridgehead atoms. The number of benzene rings is 3. The number of rotatable bonds is 2. The molecule has 1 amide bonds. The second kappa shape index (κ2) is 6.20. The summed E-state index contributed by atoms with van der Waals surface area (Å²) < 4.78 is 5.30. The van der Waals surface area contributed by atoms with Crippen molar-refractivity contribution in [2.45, 2.75) is 12.8 Å². The van der Waals surface area contributed by atoms with Crippen molar-refractivity contribution in [3.63, 3.8) is 0 Å². The van der Waals surface area contributed by atoms with Gasteiger partial charge in [-0.2, -0.15) is 0 Å². The number of aryl methyl sites for hydroxylation is 1. The fraction of sp³-hybridized carbons (Fsp3) is 0.0833. The summed E-state index contributed by atoms with van der Waals surface area (Å²) in [4.78, 5) is 24.9. The van der Waals surface area contributed by atoms with Gasteiger partial charge >= 0.3 is 5.63 Å². The van der Waals surface area contributed by atoms with Crippen LogP contribution in [0.1, 0.15) is 22.6 Å². The highest BCUT2D eigenvalue weighted by Crippen LogP contribution is 2.44. The zero-order valence-corrected chi connectivity index (χ0v) is 15.2. The summed E-state index contributed by atoms with van der Waals surface area (Å²) in [5.41, 5.74) is 5.73. The van der Waals surface area contributed by atoms with Crippen LogP contribution in [0, 0.1) is 6.92 Å². The number of carbonyl (C=O) groups excluding carboxylic acids is 1. The van der Waals surface area contributed by atoms with E-state index in [0.29, 0.717) is 11.3 Å². The van der Waals surface area contributed by atoms with Crippen LogP contribution in [0.4, 0.5) is 5.69 Å². The highest BCUT2D eigenvalue weighted by molar-refractivity contribution is 6.04. The number of hydrogen-bond acceptors (Lipinski definition) is 3. The van der Waals surface area contributed by atoms with Crippen LogP contribution in [0.3, 0.4) is 0 Å². The Kier molecular flexibility index (Phi) is 3.66. The first-order valence-electron chi connectivity index (χ1n) is 9.15. The first kappa shape index (κ1) is 16.5. The Balaban J connectivity index is 1.54. The van der Waals surface area contributed by atoms with Crippen LogP contribution in [-0.2, 0) is 4.79 Å². The van der Waals surface area contributed by atoms with Gasteiger partial charge in [0.2, 0.25) is 5.91 Å². The molecule has 0 spiro atoms. The molecule has 4 aromatic rings. The van der Waals surface area contributed by atoms with Crippen molar-refractivity contribution in [2.24, 2.45) is 0 Å². The number of anilines is 1. The largest absolute Gasteiger partial charge is 0.423 e. The highest BCUT2D eigenvalue weighted by Gasteiger charge is 2.33. The van der Waals surface area contributed by atoms with E-state index < -0.39 is 5.63 Å². The van der Waals surface area contributed by atoms with E-state index in [1.165, 1.54) is 6.07 Å². The van der Waals surface area contributed by atoms with Crippen molar-refractivity contribution in [2.75, 3.05) is 5.32 Å². The molecule has 0 atom stereocenters. The van der Waals surface area contributed by atoms with Crippen molar-refractivity contribution in [3.05, 3.63) is 99.9 Å². The second-order valence-electron chi connectivity index (χ2n) is 7.06. The van der Waals surface area contributed by atoms with Crippen LogP contribution in [-0.4, -0.2) is 5.91 Å². The molecule has 136 valence electrons. The molecule has 28 heavy (non-hydrogen) atoms. The molecule has 1 N–H and O–H groups in total. The summed E-state index contributed by atoms with van der Waals surface area (Å²) in [7, 11) is 0. The molecule has 0 saturated heterocycles. The summed E-state index contributed by atoms with van der Waals surface area (Å²) in [6.07, 6.45) is 0. The minimum absolute atomic E-state index is 0.105. The van der Waals surface area contributed by atoms with Gasteiger partial charge in [0.1, 0.15) is 5.58 Å². The molecule has 5 rings (SSSR count). The third kappa shape index (κ3) is 2.54. The predicted molar refractivity (Wildman–Crippen MR) is 110 cm³/mol. The van der Waals surface area contributed by atoms with Crippen LogP contribution >= 0.6 is 0 Å². The lowest BCUT2D eigenvalue weighted by Gasteiger charge is -2.14. The van der Waals surface area contributed by atoms with E-state index in [-0.39, 0.29) is 11.8 Å². The normalized spacial score (nSPS) is 12.6. The average molecular weight is 367 g/mol. The van der Waals surface area contributed by atoms with Crippen LogP contribution in [0.2, 0.25) is 0 Å². The Bertz CT molecular complexity index is 1260. The molecule has 0 fully saturated rings. The van der Waals surface area contributed by atoms with E-state index in [1.807, 2.05) is 55.5 Å². The zero-order chi connectivity index (χ0) is 19.3. The first-order valence-corrected chi connectivity index (χ1v) is 9.15. The molecular formula is C24H17NO3. The lowest BCUT2D eigenvalue weighted by molar-refractivity contribution is -0.116. The quantitative estimate of drug-likeness (QED) is 0.515. The minimum Gasteiger partial charge on any atom is -0.423 e. The lowest BCUT2D eigenvalue weighted by atomic mass is 9.96. The molecular weight excluding hydrogens is 350 g/mol. The van der Waals surface area contributed by atoms with Gasteiger partial charge in [-0.25, -0.2) is 4.79 Å². The summed E-state index contributed by atoms with van der Waals surface area (Å²) in [6.45, 7) is 1.86. The molecule has 1 heterocycles. The molecule has 0 unspecified atom stereocenters. The SMILES string of the molecule is Cc1cc(=O)oc2cc(NC(=O)C3c4ccccc4-c4ccccc43)ccc12. The molecule has 4 nitrogen and oxygen atoms in total. The molecule has 4 heteroatoms. The molecule has 0 aliphatic heterocycles. The van der Waals surface area contributed by atoms with Crippen molar-refractivity contribution in [1.29, 1.82) is 0 Å². The van der Waals surface area contributed by atoms with Crippen LogP contribution in [0.25, 0.3) is 22.1 Å². The first-order chi connectivity index (χ1) is 13.6. The lowest BCUT2D eigenvalue weighted by Crippen LogP contribution is -2.20. The zero-order valence-electron chi connectivity index (χ0n) is 15.2. The molecule has 1 aliphatic rings.